The van der Waals surface area contributed by atoms with Crippen LogP contribution in [0.1, 0.15) is 64.9 Å². The largest absolute Gasteiger partial charge is 0.506 e. The fraction of sp³-hybridized carbons (Fsp3) is 0.500. The lowest BCUT2D eigenvalue weighted by molar-refractivity contribution is -0.130. The highest BCUT2D eigenvalue weighted by Gasteiger charge is 2.14. The normalized spacial score (nSPS) is 11.2. The van der Waals surface area contributed by atoms with E-state index in [9.17, 15) is 9.90 Å². The molecule has 0 fully saturated rings. The van der Waals surface area contributed by atoms with Gasteiger partial charge in [0.1, 0.15) is 22.5 Å². The van der Waals surface area contributed by atoms with E-state index in [2.05, 4.69) is 29.3 Å². The molecular weight excluding hydrogens is 432 g/mol. The second kappa shape index (κ2) is 12.6. The SMILES string of the molecule is CCCCCCCCSc1ccc2nn(-c3ccc(CC(=O)N(CC)CC)cc3O)nc2c1. The van der Waals surface area contributed by atoms with Gasteiger partial charge in [0.2, 0.25) is 5.91 Å². The molecule has 0 atom stereocenters. The molecule has 0 aliphatic rings. The van der Waals surface area contributed by atoms with Gasteiger partial charge in [0.25, 0.3) is 0 Å². The number of amides is 1. The average Bonchev–Trinajstić information content (AvgIpc) is 3.22. The number of carbonyl (C=O) groups excluding carboxylic acids is 1. The summed E-state index contributed by atoms with van der Waals surface area (Å²) in [5.74, 6) is 1.24. The van der Waals surface area contributed by atoms with Crippen molar-refractivity contribution in [3.05, 3.63) is 42.0 Å². The van der Waals surface area contributed by atoms with Crippen molar-refractivity contribution >= 4 is 28.7 Å². The summed E-state index contributed by atoms with van der Waals surface area (Å²) in [4.78, 5) is 16.8. The minimum absolute atomic E-state index is 0.0566. The first-order valence-corrected chi connectivity index (χ1v) is 13.1. The first-order chi connectivity index (χ1) is 16.0. The van der Waals surface area contributed by atoms with Crippen molar-refractivity contribution in [3.63, 3.8) is 0 Å². The van der Waals surface area contributed by atoms with Crippen molar-refractivity contribution in [2.24, 2.45) is 0 Å². The molecule has 1 amide bonds. The monoisotopic (exact) mass is 468 g/mol. The molecule has 1 N–H and O–H groups in total. The van der Waals surface area contributed by atoms with Gasteiger partial charge in [0.15, 0.2) is 0 Å². The summed E-state index contributed by atoms with van der Waals surface area (Å²) in [6, 6.07) is 11.4. The van der Waals surface area contributed by atoms with Crippen molar-refractivity contribution in [1.29, 1.82) is 0 Å². The smallest absolute Gasteiger partial charge is 0.226 e. The number of carbonyl (C=O) groups is 1. The van der Waals surface area contributed by atoms with Crippen LogP contribution in [-0.2, 0) is 11.2 Å². The van der Waals surface area contributed by atoms with E-state index in [-0.39, 0.29) is 18.1 Å². The molecule has 7 heteroatoms. The van der Waals surface area contributed by atoms with Crippen LogP contribution in [0.2, 0.25) is 0 Å². The van der Waals surface area contributed by atoms with E-state index >= 15 is 0 Å². The van der Waals surface area contributed by atoms with Crippen LogP contribution in [0.5, 0.6) is 5.75 Å². The van der Waals surface area contributed by atoms with E-state index in [1.54, 1.807) is 17.0 Å². The summed E-state index contributed by atoms with van der Waals surface area (Å²) in [5.41, 5.74) is 2.88. The predicted octanol–water partition coefficient (Wildman–Crippen LogP) is 5.99. The molecule has 3 rings (SSSR count). The maximum Gasteiger partial charge on any atom is 0.226 e. The maximum absolute atomic E-state index is 12.4. The molecule has 178 valence electrons. The molecule has 0 aliphatic carbocycles. The van der Waals surface area contributed by atoms with Crippen molar-refractivity contribution in [2.45, 2.75) is 70.6 Å². The Kier molecular flexibility index (Phi) is 9.61. The molecule has 0 spiro atoms. The molecule has 0 saturated carbocycles. The summed E-state index contributed by atoms with van der Waals surface area (Å²) in [5, 5.41) is 19.7. The third-order valence-electron chi connectivity index (χ3n) is 5.85. The number of aromatic nitrogens is 3. The summed E-state index contributed by atoms with van der Waals surface area (Å²) >= 11 is 1.86. The standard InChI is InChI=1S/C26H36N4O2S/c1-4-7-8-9-10-11-16-33-21-13-14-22-23(19-21)28-30(27-22)24-15-12-20(17-25(24)31)18-26(32)29(5-2)6-3/h12-15,17,19,31H,4-11,16,18H2,1-3H3. The fourth-order valence-corrected chi connectivity index (χ4v) is 4.82. The van der Waals surface area contributed by atoms with E-state index in [0.29, 0.717) is 18.8 Å². The summed E-state index contributed by atoms with van der Waals surface area (Å²) in [6.07, 6.45) is 8.09. The number of thioether (sulfide) groups is 1. The van der Waals surface area contributed by atoms with E-state index in [1.807, 2.05) is 37.7 Å². The van der Waals surface area contributed by atoms with Crippen molar-refractivity contribution < 1.29 is 9.90 Å². The molecule has 0 saturated heterocycles. The Morgan fingerprint density at radius 2 is 1.67 bits per heavy atom. The van der Waals surface area contributed by atoms with E-state index in [0.717, 1.165) is 22.3 Å². The number of fused-ring (bicyclic) bond motifs is 1. The average molecular weight is 469 g/mol. The zero-order chi connectivity index (χ0) is 23.6. The number of phenols is 1. The van der Waals surface area contributed by atoms with E-state index < -0.39 is 0 Å². The van der Waals surface area contributed by atoms with Crippen molar-refractivity contribution in [1.82, 2.24) is 19.9 Å². The number of benzene rings is 2. The zero-order valence-corrected chi connectivity index (χ0v) is 20.9. The Morgan fingerprint density at radius 3 is 2.39 bits per heavy atom. The van der Waals surface area contributed by atoms with E-state index in [1.165, 1.54) is 48.2 Å². The Bertz CT molecular complexity index is 1050. The fourth-order valence-electron chi connectivity index (χ4n) is 3.88. The topological polar surface area (TPSA) is 71.2 Å². The second-order valence-corrected chi connectivity index (χ2v) is 9.49. The van der Waals surface area contributed by atoms with Gasteiger partial charge < -0.3 is 10.0 Å². The highest BCUT2D eigenvalue weighted by molar-refractivity contribution is 7.99. The molecular formula is C26H36N4O2S. The quantitative estimate of drug-likeness (QED) is 0.246. The highest BCUT2D eigenvalue weighted by Crippen LogP contribution is 2.26. The summed E-state index contributed by atoms with van der Waals surface area (Å²) in [6.45, 7) is 7.54. The van der Waals surface area contributed by atoms with Crippen LogP contribution in [-0.4, -0.2) is 49.7 Å². The molecule has 0 bridgehead atoms. The van der Waals surface area contributed by atoms with Gasteiger partial charge in [-0.1, -0.05) is 45.1 Å². The van der Waals surface area contributed by atoms with Gasteiger partial charge in [-0.25, -0.2) is 0 Å². The van der Waals surface area contributed by atoms with Gasteiger partial charge in [0, 0.05) is 18.0 Å². The van der Waals surface area contributed by atoms with Crippen LogP contribution in [0.15, 0.2) is 41.3 Å². The zero-order valence-electron chi connectivity index (χ0n) is 20.1. The lowest BCUT2D eigenvalue weighted by atomic mass is 10.1. The van der Waals surface area contributed by atoms with Gasteiger partial charge in [-0.05, 0) is 61.9 Å². The Balaban J connectivity index is 1.63. The number of nitrogens with zero attached hydrogens (tertiary/aromatic N) is 4. The molecule has 3 aromatic rings. The number of hydrogen-bond acceptors (Lipinski definition) is 5. The number of rotatable bonds is 13. The number of unbranched alkanes of at least 4 members (excludes halogenated alkanes) is 5. The molecule has 2 aromatic carbocycles. The van der Waals surface area contributed by atoms with E-state index in [4.69, 9.17) is 0 Å². The molecule has 0 aliphatic heterocycles. The molecule has 1 aromatic heterocycles. The Hall–Kier alpha value is -2.54. The minimum Gasteiger partial charge on any atom is -0.506 e. The van der Waals surface area contributed by atoms with Crippen LogP contribution < -0.4 is 0 Å². The van der Waals surface area contributed by atoms with Crippen LogP contribution in [0.4, 0.5) is 0 Å². The van der Waals surface area contributed by atoms with Gasteiger partial charge >= 0.3 is 0 Å². The minimum atomic E-state index is 0.0566. The predicted molar refractivity (Wildman–Crippen MR) is 136 cm³/mol. The first kappa shape index (κ1) is 25.1. The first-order valence-electron chi connectivity index (χ1n) is 12.2. The van der Waals surface area contributed by atoms with Gasteiger partial charge in [-0.2, -0.15) is 0 Å². The number of likely N-dealkylation sites (N-methyl/N-ethyl adjacent to an activating group) is 1. The highest BCUT2D eigenvalue weighted by atomic mass is 32.2. The molecule has 1 heterocycles. The second-order valence-electron chi connectivity index (χ2n) is 8.32. The van der Waals surface area contributed by atoms with Crippen molar-refractivity contribution in [2.75, 3.05) is 18.8 Å². The maximum atomic E-state index is 12.4. The number of hydrogen-bond donors (Lipinski definition) is 1. The third-order valence-corrected chi connectivity index (χ3v) is 6.93. The lowest BCUT2D eigenvalue weighted by Crippen LogP contribution is -2.31. The van der Waals surface area contributed by atoms with Crippen molar-refractivity contribution in [3.8, 4) is 11.4 Å². The molecule has 0 unspecified atom stereocenters. The Morgan fingerprint density at radius 1 is 0.939 bits per heavy atom. The van der Waals surface area contributed by atoms with Gasteiger partial charge in [0.05, 0.1) is 6.42 Å². The molecule has 0 radical (unpaired) electrons. The summed E-state index contributed by atoms with van der Waals surface area (Å²) in [7, 11) is 0. The summed E-state index contributed by atoms with van der Waals surface area (Å²) < 4.78 is 0. The van der Waals surface area contributed by atoms with Crippen LogP contribution in [0.3, 0.4) is 0 Å². The third kappa shape index (κ3) is 6.97. The number of aromatic hydroxyl groups is 1. The van der Waals surface area contributed by atoms with Gasteiger partial charge in [-0.3, -0.25) is 4.79 Å². The van der Waals surface area contributed by atoms with Crippen LogP contribution >= 0.6 is 11.8 Å². The Labute approximate surface area is 201 Å². The molecule has 33 heavy (non-hydrogen) atoms. The van der Waals surface area contributed by atoms with Gasteiger partial charge in [-0.15, -0.1) is 26.8 Å². The molecule has 6 nitrogen and oxygen atoms in total. The van der Waals surface area contributed by atoms with Crippen LogP contribution in [0.25, 0.3) is 16.7 Å². The lowest BCUT2D eigenvalue weighted by Gasteiger charge is -2.18. The van der Waals surface area contributed by atoms with Crippen LogP contribution in [0, 0.1) is 0 Å². The number of phenolic OH excluding ortho intramolecular Hbond substituents is 1.